The van der Waals surface area contributed by atoms with Gasteiger partial charge in [-0.3, -0.25) is 4.79 Å². The van der Waals surface area contributed by atoms with Crippen molar-refractivity contribution in [3.63, 3.8) is 0 Å². The van der Waals surface area contributed by atoms with Gasteiger partial charge in [0.1, 0.15) is 11.5 Å². The first kappa shape index (κ1) is 18.2. The Morgan fingerprint density at radius 3 is 2.26 bits per heavy atom. The lowest BCUT2D eigenvalue weighted by Gasteiger charge is -2.10. The number of hydrogen-bond acceptors (Lipinski definition) is 6. The van der Waals surface area contributed by atoms with Crippen LogP contribution in [-0.4, -0.2) is 30.1 Å². The fourth-order valence-corrected chi connectivity index (χ4v) is 2.50. The van der Waals surface area contributed by atoms with Crippen LogP contribution in [0.4, 0.5) is 11.6 Å². The van der Waals surface area contributed by atoms with Crippen molar-refractivity contribution in [3.8, 4) is 11.5 Å². The smallest absolute Gasteiger partial charge is 0.254 e. The second kappa shape index (κ2) is 8.66. The SMILES string of the molecule is COc1ccccc1CNC(=O)c1cnc(Nc2ccccc2OC)nc1. The molecule has 0 bridgehead atoms. The maximum atomic E-state index is 12.3. The predicted molar refractivity (Wildman–Crippen MR) is 102 cm³/mol. The third-order valence-electron chi connectivity index (χ3n) is 3.90. The molecule has 27 heavy (non-hydrogen) atoms. The molecule has 138 valence electrons. The number of hydrogen-bond donors (Lipinski definition) is 2. The number of nitrogens with one attached hydrogen (secondary N) is 2. The molecule has 3 rings (SSSR count). The summed E-state index contributed by atoms with van der Waals surface area (Å²) in [5, 5.41) is 5.91. The second-order valence-electron chi connectivity index (χ2n) is 5.62. The predicted octanol–water partition coefficient (Wildman–Crippen LogP) is 3.17. The molecule has 1 aromatic heterocycles. The van der Waals surface area contributed by atoms with Gasteiger partial charge in [0.25, 0.3) is 5.91 Å². The highest BCUT2D eigenvalue weighted by Crippen LogP contribution is 2.25. The van der Waals surface area contributed by atoms with Crippen molar-refractivity contribution in [1.29, 1.82) is 0 Å². The van der Waals surface area contributed by atoms with E-state index < -0.39 is 0 Å². The molecule has 0 aliphatic rings. The molecule has 0 fully saturated rings. The zero-order valence-corrected chi connectivity index (χ0v) is 15.1. The molecule has 1 heterocycles. The van der Waals surface area contributed by atoms with E-state index in [9.17, 15) is 4.79 Å². The molecule has 1 amide bonds. The van der Waals surface area contributed by atoms with E-state index in [1.54, 1.807) is 14.2 Å². The van der Waals surface area contributed by atoms with Crippen molar-refractivity contribution < 1.29 is 14.3 Å². The Bertz CT molecular complexity index is 913. The van der Waals surface area contributed by atoms with Gasteiger partial charge in [-0.2, -0.15) is 0 Å². The molecule has 2 N–H and O–H groups in total. The Kier molecular flexibility index (Phi) is 5.84. The van der Waals surface area contributed by atoms with Gasteiger partial charge in [-0.05, 0) is 18.2 Å². The standard InChI is InChI=1S/C20H20N4O3/c1-26-17-9-5-3-7-14(17)11-21-19(25)15-12-22-20(23-13-15)24-16-8-4-6-10-18(16)27-2/h3-10,12-13H,11H2,1-2H3,(H,21,25)(H,22,23,24). The van der Waals surface area contributed by atoms with Crippen molar-refractivity contribution in [2.45, 2.75) is 6.54 Å². The zero-order chi connectivity index (χ0) is 19.1. The van der Waals surface area contributed by atoms with Crippen molar-refractivity contribution in [3.05, 3.63) is 72.1 Å². The number of nitrogens with zero attached hydrogens (tertiary/aromatic N) is 2. The fraction of sp³-hybridized carbons (Fsp3) is 0.150. The van der Waals surface area contributed by atoms with E-state index in [2.05, 4.69) is 20.6 Å². The van der Waals surface area contributed by atoms with Gasteiger partial charge in [-0.25, -0.2) is 9.97 Å². The summed E-state index contributed by atoms with van der Waals surface area (Å²) >= 11 is 0. The molecule has 0 aliphatic heterocycles. The summed E-state index contributed by atoms with van der Waals surface area (Å²) < 4.78 is 10.6. The van der Waals surface area contributed by atoms with Crippen LogP contribution >= 0.6 is 0 Å². The Balaban J connectivity index is 1.63. The van der Waals surface area contributed by atoms with Crippen LogP contribution in [0.15, 0.2) is 60.9 Å². The molecule has 0 unspecified atom stereocenters. The highest BCUT2D eigenvalue weighted by Gasteiger charge is 2.10. The van der Waals surface area contributed by atoms with Crippen LogP contribution in [0, 0.1) is 0 Å². The number of methoxy groups -OCH3 is 2. The average molecular weight is 364 g/mol. The van der Waals surface area contributed by atoms with Crippen molar-refractivity contribution >= 4 is 17.5 Å². The highest BCUT2D eigenvalue weighted by atomic mass is 16.5. The van der Waals surface area contributed by atoms with E-state index >= 15 is 0 Å². The number of rotatable bonds is 7. The normalized spacial score (nSPS) is 10.1. The monoisotopic (exact) mass is 364 g/mol. The first-order valence-corrected chi connectivity index (χ1v) is 8.33. The maximum Gasteiger partial charge on any atom is 0.254 e. The van der Waals surface area contributed by atoms with Crippen molar-refractivity contribution in [2.24, 2.45) is 0 Å². The van der Waals surface area contributed by atoms with Gasteiger partial charge in [-0.1, -0.05) is 30.3 Å². The van der Waals surface area contributed by atoms with Crippen LogP contribution in [0.2, 0.25) is 0 Å². The molecule has 0 radical (unpaired) electrons. The van der Waals surface area contributed by atoms with E-state index in [1.165, 1.54) is 12.4 Å². The van der Waals surface area contributed by atoms with Crippen LogP contribution < -0.4 is 20.1 Å². The van der Waals surface area contributed by atoms with Gasteiger partial charge in [0.05, 0.1) is 25.5 Å². The number of para-hydroxylation sites is 3. The molecule has 0 spiro atoms. The minimum Gasteiger partial charge on any atom is -0.496 e. The lowest BCUT2D eigenvalue weighted by molar-refractivity contribution is 0.0950. The van der Waals surface area contributed by atoms with Crippen LogP contribution in [0.1, 0.15) is 15.9 Å². The largest absolute Gasteiger partial charge is 0.496 e. The molecular weight excluding hydrogens is 344 g/mol. The van der Waals surface area contributed by atoms with Gasteiger partial charge in [-0.15, -0.1) is 0 Å². The van der Waals surface area contributed by atoms with E-state index in [0.717, 1.165) is 17.0 Å². The van der Waals surface area contributed by atoms with Gasteiger partial charge in [0.15, 0.2) is 0 Å². The summed E-state index contributed by atoms with van der Waals surface area (Å²) in [7, 11) is 3.19. The number of amides is 1. The molecule has 7 nitrogen and oxygen atoms in total. The van der Waals surface area contributed by atoms with Crippen LogP contribution in [0.25, 0.3) is 0 Å². The number of anilines is 2. The number of benzene rings is 2. The topological polar surface area (TPSA) is 85.4 Å². The summed E-state index contributed by atoms with van der Waals surface area (Å²) in [4.78, 5) is 20.7. The summed E-state index contributed by atoms with van der Waals surface area (Å²) in [6.45, 7) is 0.351. The Morgan fingerprint density at radius 1 is 0.926 bits per heavy atom. The molecule has 2 aromatic carbocycles. The second-order valence-corrected chi connectivity index (χ2v) is 5.62. The number of aromatic nitrogens is 2. The lowest BCUT2D eigenvalue weighted by Crippen LogP contribution is -2.23. The zero-order valence-electron chi connectivity index (χ0n) is 15.1. The summed E-state index contributed by atoms with van der Waals surface area (Å²) in [6.07, 6.45) is 2.95. The molecule has 0 saturated carbocycles. The van der Waals surface area contributed by atoms with Gasteiger partial charge >= 0.3 is 0 Å². The quantitative estimate of drug-likeness (QED) is 0.670. The van der Waals surface area contributed by atoms with Crippen LogP contribution in [0.5, 0.6) is 11.5 Å². The molecular formula is C20H20N4O3. The number of carbonyl (C=O) groups excluding carboxylic acids is 1. The highest BCUT2D eigenvalue weighted by molar-refractivity contribution is 5.93. The van der Waals surface area contributed by atoms with E-state index in [1.807, 2.05) is 48.5 Å². The molecule has 0 saturated heterocycles. The maximum absolute atomic E-state index is 12.3. The van der Waals surface area contributed by atoms with Crippen LogP contribution in [0.3, 0.4) is 0 Å². The summed E-state index contributed by atoms with van der Waals surface area (Å²) in [5.41, 5.74) is 2.01. The first-order valence-electron chi connectivity index (χ1n) is 8.33. The fourth-order valence-electron chi connectivity index (χ4n) is 2.50. The van der Waals surface area contributed by atoms with Crippen molar-refractivity contribution in [2.75, 3.05) is 19.5 Å². The van der Waals surface area contributed by atoms with E-state index in [0.29, 0.717) is 23.8 Å². The van der Waals surface area contributed by atoms with E-state index in [4.69, 9.17) is 9.47 Å². The third-order valence-corrected chi connectivity index (χ3v) is 3.90. The van der Waals surface area contributed by atoms with E-state index in [-0.39, 0.29) is 5.91 Å². The Hall–Kier alpha value is -3.61. The lowest BCUT2D eigenvalue weighted by atomic mass is 10.2. The minimum atomic E-state index is -0.259. The van der Waals surface area contributed by atoms with Crippen molar-refractivity contribution in [1.82, 2.24) is 15.3 Å². The number of carbonyl (C=O) groups is 1. The Labute approximate surface area is 157 Å². The van der Waals surface area contributed by atoms with Gasteiger partial charge < -0.3 is 20.1 Å². The molecule has 0 aliphatic carbocycles. The first-order chi connectivity index (χ1) is 13.2. The number of ether oxygens (including phenoxy) is 2. The third kappa shape index (κ3) is 4.52. The van der Waals surface area contributed by atoms with Gasteiger partial charge in [0.2, 0.25) is 5.95 Å². The molecule has 3 aromatic rings. The Morgan fingerprint density at radius 2 is 1.56 bits per heavy atom. The minimum absolute atomic E-state index is 0.259. The molecule has 0 atom stereocenters. The van der Waals surface area contributed by atoms with Gasteiger partial charge in [0, 0.05) is 24.5 Å². The van der Waals surface area contributed by atoms with Crippen LogP contribution in [-0.2, 0) is 6.54 Å². The average Bonchev–Trinajstić information content (AvgIpc) is 2.73. The summed E-state index contributed by atoms with van der Waals surface area (Å²) in [5.74, 6) is 1.52. The molecule has 7 heteroatoms. The summed E-state index contributed by atoms with van der Waals surface area (Å²) in [6, 6.07) is 15.0.